The Hall–Kier alpha value is -2.65. The van der Waals surface area contributed by atoms with Crippen molar-refractivity contribution in [3.63, 3.8) is 0 Å². The number of ether oxygens (including phenoxy) is 1. The minimum Gasteiger partial charge on any atom is -0.490 e. The largest absolute Gasteiger partial charge is 0.490 e. The summed E-state index contributed by atoms with van der Waals surface area (Å²) in [5.74, 6) is 0.711. The molecule has 1 aromatic carbocycles. The van der Waals surface area contributed by atoms with Gasteiger partial charge in [0.05, 0.1) is 11.9 Å². The Labute approximate surface area is 182 Å². The zero-order valence-electron chi connectivity index (χ0n) is 17.6. The summed E-state index contributed by atoms with van der Waals surface area (Å²) in [6.45, 7) is 2.07. The predicted molar refractivity (Wildman–Crippen MR) is 120 cm³/mol. The number of nitrogens with zero attached hydrogens (tertiary/aromatic N) is 1. The van der Waals surface area contributed by atoms with E-state index in [-0.39, 0.29) is 24.4 Å². The first-order valence-electron chi connectivity index (χ1n) is 10.5. The van der Waals surface area contributed by atoms with Gasteiger partial charge in [0.15, 0.2) is 0 Å². The third-order valence-corrected chi connectivity index (χ3v) is 6.72. The molecule has 168 valence electrons. The van der Waals surface area contributed by atoms with Crippen LogP contribution in [0.15, 0.2) is 58.3 Å². The lowest BCUT2D eigenvalue weighted by Gasteiger charge is -2.17. The second-order valence-corrected chi connectivity index (χ2v) is 9.65. The summed E-state index contributed by atoms with van der Waals surface area (Å²) in [5.41, 5.74) is -0.0985. The Bertz CT molecular complexity index is 1110. The fourth-order valence-electron chi connectivity index (χ4n) is 3.57. The SMILES string of the molecule is C[C@@H](NS(=O)(=O)CCC=CCn1ccc(=O)[nH]c1=O)c1cccc(OC2CCCC2)c1. The number of allylic oxidation sites excluding steroid dienone is 2. The van der Waals surface area contributed by atoms with Gasteiger partial charge in [0.25, 0.3) is 5.56 Å². The lowest BCUT2D eigenvalue weighted by Crippen LogP contribution is -2.29. The van der Waals surface area contributed by atoms with Crippen LogP contribution < -0.4 is 20.7 Å². The molecule has 1 saturated carbocycles. The molecule has 0 unspecified atom stereocenters. The Morgan fingerprint density at radius 3 is 2.74 bits per heavy atom. The van der Waals surface area contributed by atoms with Gasteiger partial charge in [0.2, 0.25) is 10.0 Å². The maximum Gasteiger partial charge on any atom is 0.328 e. The van der Waals surface area contributed by atoms with Crippen LogP contribution in [-0.4, -0.2) is 29.8 Å². The van der Waals surface area contributed by atoms with E-state index in [0.29, 0.717) is 6.42 Å². The van der Waals surface area contributed by atoms with E-state index < -0.39 is 21.3 Å². The lowest BCUT2D eigenvalue weighted by atomic mass is 10.1. The molecule has 1 aromatic heterocycles. The summed E-state index contributed by atoms with van der Waals surface area (Å²) in [4.78, 5) is 24.8. The number of nitrogens with one attached hydrogen (secondary N) is 2. The number of benzene rings is 1. The van der Waals surface area contributed by atoms with Crippen LogP contribution in [0.5, 0.6) is 5.75 Å². The quantitative estimate of drug-likeness (QED) is 0.544. The van der Waals surface area contributed by atoms with Crippen LogP contribution in [-0.2, 0) is 16.6 Å². The molecular weight excluding hydrogens is 418 g/mol. The van der Waals surface area contributed by atoms with E-state index in [1.807, 2.05) is 31.2 Å². The van der Waals surface area contributed by atoms with Gasteiger partial charge in [-0.25, -0.2) is 17.9 Å². The maximum absolute atomic E-state index is 12.4. The summed E-state index contributed by atoms with van der Waals surface area (Å²) in [6, 6.07) is 8.46. The highest BCUT2D eigenvalue weighted by Crippen LogP contribution is 2.26. The Morgan fingerprint density at radius 2 is 2.00 bits per heavy atom. The topological polar surface area (TPSA) is 110 Å². The first-order valence-corrected chi connectivity index (χ1v) is 12.2. The summed E-state index contributed by atoms with van der Waals surface area (Å²) < 4.78 is 34.9. The number of sulfonamides is 1. The molecule has 3 rings (SSSR count). The molecule has 0 radical (unpaired) electrons. The highest BCUT2D eigenvalue weighted by molar-refractivity contribution is 7.89. The number of hydrogen-bond donors (Lipinski definition) is 2. The van der Waals surface area contributed by atoms with Crippen LogP contribution in [0, 0.1) is 0 Å². The van der Waals surface area contributed by atoms with Crippen molar-refractivity contribution in [1.82, 2.24) is 14.3 Å². The van der Waals surface area contributed by atoms with Gasteiger partial charge < -0.3 is 4.74 Å². The van der Waals surface area contributed by atoms with Gasteiger partial charge in [-0.05, 0) is 56.7 Å². The van der Waals surface area contributed by atoms with Crippen LogP contribution in [0.2, 0.25) is 0 Å². The van der Waals surface area contributed by atoms with E-state index in [1.165, 1.54) is 29.7 Å². The molecule has 0 spiro atoms. The third kappa shape index (κ3) is 7.22. The minimum atomic E-state index is -3.48. The van der Waals surface area contributed by atoms with E-state index in [2.05, 4.69) is 9.71 Å². The van der Waals surface area contributed by atoms with Crippen LogP contribution >= 0.6 is 0 Å². The molecule has 1 aliphatic carbocycles. The first kappa shape index (κ1) is 23.0. The van der Waals surface area contributed by atoms with Crippen LogP contribution in [0.1, 0.15) is 50.6 Å². The molecule has 0 aliphatic heterocycles. The molecule has 1 aliphatic rings. The summed E-state index contributed by atoms with van der Waals surface area (Å²) >= 11 is 0. The molecule has 1 heterocycles. The number of rotatable bonds is 10. The number of aromatic amines is 1. The van der Waals surface area contributed by atoms with Gasteiger partial charge in [-0.2, -0.15) is 0 Å². The van der Waals surface area contributed by atoms with Gasteiger partial charge in [-0.15, -0.1) is 0 Å². The lowest BCUT2D eigenvalue weighted by molar-refractivity contribution is 0.210. The van der Waals surface area contributed by atoms with Gasteiger partial charge >= 0.3 is 5.69 Å². The number of H-pyrrole nitrogens is 1. The van der Waals surface area contributed by atoms with Crippen LogP contribution in [0.4, 0.5) is 0 Å². The summed E-state index contributed by atoms with van der Waals surface area (Å²) in [6.07, 6.45) is 9.88. The molecule has 1 atom stereocenters. The van der Waals surface area contributed by atoms with E-state index in [9.17, 15) is 18.0 Å². The molecule has 2 N–H and O–H groups in total. The molecule has 0 saturated heterocycles. The van der Waals surface area contributed by atoms with Crippen molar-refractivity contribution >= 4 is 10.0 Å². The molecule has 0 amide bonds. The molecule has 8 nitrogen and oxygen atoms in total. The Balaban J connectivity index is 1.49. The highest BCUT2D eigenvalue weighted by atomic mass is 32.2. The third-order valence-electron chi connectivity index (χ3n) is 5.24. The van der Waals surface area contributed by atoms with Gasteiger partial charge in [-0.1, -0.05) is 24.3 Å². The Kier molecular flexibility index (Phi) is 7.86. The Morgan fingerprint density at radius 1 is 1.23 bits per heavy atom. The average molecular weight is 448 g/mol. The number of hydrogen-bond acceptors (Lipinski definition) is 5. The second kappa shape index (κ2) is 10.6. The molecule has 31 heavy (non-hydrogen) atoms. The first-order chi connectivity index (χ1) is 14.8. The van der Waals surface area contributed by atoms with E-state index in [1.54, 1.807) is 12.2 Å². The zero-order valence-corrected chi connectivity index (χ0v) is 18.4. The van der Waals surface area contributed by atoms with E-state index in [0.717, 1.165) is 24.2 Å². The average Bonchev–Trinajstić information content (AvgIpc) is 3.22. The molecular formula is C22H29N3O5S. The van der Waals surface area contributed by atoms with E-state index in [4.69, 9.17) is 4.74 Å². The smallest absolute Gasteiger partial charge is 0.328 e. The molecule has 1 fully saturated rings. The van der Waals surface area contributed by atoms with E-state index >= 15 is 0 Å². The minimum absolute atomic E-state index is 0.0629. The van der Waals surface area contributed by atoms with Crippen molar-refractivity contribution < 1.29 is 13.2 Å². The normalized spacial score (nSPS) is 16.0. The van der Waals surface area contributed by atoms with Gasteiger partial charge in [0.1, 0.15) is 5.75 Å². The monoisotopic (exact) mass is 447 g/mol. The highest BCUT2D eigenvalue weighted by Gasteiger charge is 2.18. The summed E-state index contributed by atoms with van der Waals surface area (Å²) in [5, 5.41) is 0. The zero-order chi connectivity index (χ0) is 22.3. The van der Waals surface area contributed by atoms with Gasteiger partial charge in [-0.3, -0.25) is 14.3 Å². The fourth-order valence-corrected chi connectivity index (χ4v) is 4.81. The second-order valence-electron chi connectivity index (χ2n) is 7.78. The molecule has 9 heteroatoms. The summed E-state index contributed by atoms with van der Waals surface area (Å²) in [7, 11) is -3.48. The van der Waals surface area contributed by atoms with Gasteiger partial charge in [0, 0.05) is 24.8 Å². The predicted octanol–water partition coefficient (Wildman–Crippen LogP) is 2.48. The van der Waals surface area contributed by atoms with Crippen molar-refractivity contribution in [2.24, 2.45) is 0 Å². The fraction of sp³-hybridized carbons (Fsp3) is 0.455. The van der Waals surface area contributed by atoms with Crippen molar-refractivity contribution in [2.45, 2.75) is 57.7 Å². The maximum atomic E-state index is 12.4. The standard InChI is InChI=1S/C22H29N3O5S/c1-17(18-8-7-11-20(16-18)30-19-9-3-4-10-19)24-31(28,29)15-6-2-5-13-25-14-12-21(26)23-22(25)27/h2,5,7-8,11-12,14,16-17,19,24H,3-4,6,9-10,13,15H2,1H3,(H,23,26,27)/t17-/m1/s1. The number of aromatic nitrogens is 2. The van der Waals surface area contributed by atoms with Crippen molar-refractivity contribution in [3.05, 3.63) is 75.1 Å². The van der Waals surface area contributed by atoms with Crippen molar-refractivity contribution in [1.29, 1.82) is 0 Å². The van der Waals surface area contributed by atoms with Crippen LogP contribution in [0.3, 0.4) is 0 Å². The van der Waals surface area contributed by atoms with Crippen molar-refractivity contribution in [3.8, 4) is 5.75 Å². The van der Waals surface area contributed by atoms with Crippen molar-refractivity contribution in [2.75, 3.05) is 5.75 Å². The molecule has 0 bridgehead atoms. The van der Waals surface area contributed by atoms with Crippen LogP contribution in [0.25, 0.3) is 0 Å². The molecule has 2 aromatic rings.